The fourth-order valence-electron chi connectivity index (χ4n) is 4.98. The average molecular weight is 569 g/mol. The lowest BCUT2D eigenvalue weighted by atomic mass is 9.83. The van der Waals surface area contributed by atoms with E-state index in [0.29, 0.717) is 53.4 Å². The van der Waals surface area contributed by atoms with Crippen molar-refractivity contribution >= 4 is 23.7 Å². The first-order valence-corrected chi connectivity index (χ1v) is 12.8. The molecule has 1 N–H and O–H groups in total. The van der Waals surface area contributed by atoms with Gasteiger partial charge in [-0.2, -0.15) is 18.2 Å². The number of ether oxygens (including phenoxy) is 2. The molecule has 40 heavy (non-hydrogen) atoms. The summed E-state index contributed by atoms with van der Waals surface area (Å²) >= 11 is 6.88. The van der Waals surface area contributed by atoms with Gasteiger partial charge in [0, 0.05) is 23.4 Å². The molecule has 1 aliphatic rings. The molecule has 3 aromatic heterocycles. The highest BCUT2D eigenvalue weighted by Gasteiger charge is 2.37. The summed E-state index contributed by atoms with van der Waals surface area (Å²) in [5.74, 6) is -0.141. The van der Waals surface area contributed by atoms with Crippen molar-refractivity contribution in [3.63, 3.8) is 0 Å². The Hall–Kier alpha value is -4.18. The molecule has 1 atom stereocenters. The number of anilines is 1. The highest BCUT2D eigenvalue weighted by Crippen LogP contribution is 2.43. The number of halogens is 4. The molecule has 0 saturated carbocycles. The molecule has 0 aliphatic heterocycles. The number of benzene rings is 1. The van der Waals surface area contributed by atoms with Crippen LogP contribution in [0, 0.1) is 0 Å². The van der Waals surface area contributed by atoms with Crippen LogP contribution in [0.1, 0.15) is 45.9 Å². The first kappa shape index (κ1) is 27.4. The van der Waals surface area contributed by atoms with Gasteiger partial charge in [-0.15, -0.1) is 0 Å². The molecule has 0 spiro atoms. The zero-order valence-electron chi connectivity index (χ0n) is 21.6. The summed E-state index contributed by atoms with van der Waals surface area (Å²) in [6.45, 7) is 0. The number of fused-ring (bicyclic) bond motifs is 1. The van der Waals surface area contributed by atoms with Crippen LogP contribution in [0.15, 0.2) is 54.7 Å². The van der Waals surface area contributed by atoms with Crippen LogP contribution in [0.5, 0.6) is 11.8 Å². The number of rotatable bonds is 7. The Labute approximate surface area is 233 Å². The van der Waals surface area contributed by atoms with Crippen LogP contribution in [-0.2, 0) is 12.6 Å². The minimum Gasteiger partial charge on any atom is -0.481 e. The topological polar surface area (TPSA) is 86.2 Å². The molecule has 0 bridgehead atoms. The van der Waals surface area contributed by atoms with Gasteiger partial charge in [0.05, 0.1) is 47.8 Å². The number of alkyl halides is 3. The number of carbonyl (C=O) groups is 1. The van der Waals surface area contributed by atoms with E-state index in [-0.39, 0.29) is 11.4 Å². The second-order valence-electron chi connectivity index (χ2n) is 9.15. The standard InChI is InChI=1S/C29H24ClF3N4O3/c1-39-24-11-5-10-23(35-24)20-12-13-34-26(25(20)30)19-8-3-7-18-17(19)6-4-9-22(18)36-27-21(29(31,32)33)14-16(15-38)28(37-27)40-2/h3,5,7-8,10-15,22H,4,6,9H2,1-2H3,(H,36,37)/t22-/m0/s1. The molecule has 0 fully saturated rings. The zero-order chi connectivity index (χ0) is 28.4. The van der Waals surface area contributed by atoms with Gasteiger partial charge in [0.15, 0.2) is 6.29 Å². The summed E-state index contributed by atoms with van der Waals surface area (Å²) in [5.41, 5.74) is 3.07. The van der Waals surface area contributed by atoms with E-state index < -0.39 is 23.6 Å². The minimum absolute atomic E-state index is 0.186. The van der Waals surface area contributed by atoms with E-state index in [9.17, 15) is 18.0 Å². The predicted molar refractivity (Wildman–Crippen MR) is 145 cm³/mol. The third-order valence-electron chi connectivity index (χ3n) is 6.81. The van der Waals surface area contributed by atoms with Gasteiger partial charge >= 0.3 is 6.18 Å². The monoisotopic (exact) mass is 568 g/mol. The van der Waals surface area contributed by atoms with Crippen molar-refractivity contribution in [2.75, 3.05) is 19.5 Å². The summed E-state index contributed by atoms with van der Waals surface area (Å²) in [6.07, 6.45) is -0.820. The Morgan fingerprint density at radius 2 is 1.85 bits per heavy atom. The number of aldehydes is 1. The third kappa shape index (κ3) is 5.19. The Morgan fingerprint density at radius 3 is 2.58 bits per heavy atom. The fraction of sp³-hybridized carbons (Fsp3) is 0.241. The Morgan fingerprint density at radius 1 is 1.05 bits per heavy atom. The van der Waals surface area contributed by atoms with Gasteiger partial charge < -0.3 is 14.8 Å². The lowest BCUT2D eigenvalue weighted by molar-refractivity contribution is -0.137. The molecule has 3 heterocycles. The van der Waals surface area contributed by atoms with Crippen LogP contribution >= 0.6 is 11.6 Å². The van der Waals surface area contributed by atoms with Crippen LogP contribution < -0.4 is 14.8 Å². The molecular formula is C29H24ClF3N4O3. The number of nitrogens with zero attached hydrogens (tertiary/aromatic N) is 3. The number of hydrogen-bond donors (Lipinski definition) is 1. The van der Waals surface area contributed by atoms with E-state index in [1.165, 1.54) is 14.2 Å². The number of hydrogen-bond acceptors (Lipinski definition) is 7. The first-order valence-electron chi connectivity index (χ1n) is 12.4. The van der Waals surface area contributed by atoms with Gasteiger partial charge in [-0.3, -0.25) is 9.78 Å². The van der Waals surface area contributed by atoms with Crippen molar-refractivity contribution in [2.24, 2.45) is 0 Å². The second-order valence-corrected chi connectivity index (χ2v) is 9.53. The highest BCUT2D eigenvalue weighted by molar-refractivity contribution is 6.35. The van der Waals surface area contributed by atoms with E-state index in [1.54, 1.807) is 18.3 Å². The van der Waals surface area contributed by atoms with Crippen molar-refractivity contribution in [3.05, 3.63) is 82.0 Å². The molecule has 0 radical (unpaired) electrons. The van der Waals surface area contributed by atoms with Crippen molar-refractivity contribution in [3.8, 4) is 34.3 Å². The molecule has 206 valence electrons. The van der Waals surface area contributed by atoms with E-state index in [2.05, 4.69) is 20.3 Å². The molecule has 0 amide bonds. The van der Waals surface area contributed by atoms with Crippen molar-refractivity contribution in [2.45, 2.75) is 31.5 Å². The summed E-state index contributed by atoms with van der Waals surface area (Å²) in [5, 5.41) is 3.38. The second kappa shape index (κ2) is 11.1. The van der Waals surface area contributed by atoms with Crippen molar-refractivity contribution < 1.29 is 27.4 Å². The maximum absolute atomic E-state index is 13.9. The predicted octanol–water partition coefficient (Wildman–Crippen LogP) is 7.20. The van der Waals surface area contributed by atoms with Gasteiger partial charge in [-0.25, -0.2) is 4.98 Å². The van der Waals surface area contributed by atoms with Crippen molar-refractivity contribution in [1.82, 2.24) is 15.0 Å². The minimum atomic E-state index is -4.73. The van der Waals surface area contributed by atoms with E-state index in [0.717, 1.165) is 22.8 Å². The summed E-state index contributed by atoms with van der Waals surface area (Å²) in [4.78, 5) is 24.4. The van der Waals surface area contributed by atoms with Gasteiger partial charge in [-0.05, 0) is 48.6 Å². The molecule has 11 heteroatoms. The van der Waals surface area contributed by atoms with Crippen LogP contribution in [0.25, 0.3) is 22.5 Å². The van der Waals surface area contributed by atoms with Gasteiger partial charge in [0.1, 0.15) is 5.82 Å². The average Bonchev–Trinajstić information content (AvgIpc) is 2.96. The molecule has 7 nitrogen and oxygen atoms in total. The summed E-state index contributed by atoms with van der Waals surface area (Å²) in [7, 11) is 2.78. The van der Waals surface area contributed by atoms with Crippen molar-refractivity contribution in [1.29, 1.82) is 0 Å². The SMILES string of the molecule is COc1cccc(-c2ccnc(-c3cccc4c3CCC[C@@H]4Nc3nc(OC)c(C=O)cc3C(F)(F)F)c2Cl)n1. The molecule has 4 aromatic rings. The highest BCUT2D eigenvalue weighted by atomic mass is 35.5. The maximum atomic E-state index is 13.9. The molecule has 1 aliphatic carbocycles. The van der Waals surface area contributed by atoms with E-state index >= 15 is 0 Å². The summed E-state index contributed by atoms with van der Waals surface area (Å²) in [6, 6.07) is 13.0. The smallest absolute Gasteiger partial charge is 0.419 e. The summed E-state index contributed by atoms with van der Waals surface area (Å²) < 4.78 is 52.1. The van der Waals surface area contributed by atoms with Crippen LogP contribution in [0.3, 0.4) is 0 Å². The van der Waals surface area contributed by atoms with E-state index in [1.807, 2.05) is 30.3 Å². The molecule has 0 unspecified atom stereocenters. The van der Waals surface area contributed by atoms with Crippen LogP contribution in [0.4, 0.5) is 19.0 Å². The largest absolute Gasteiger partial charge is 0.481 e. The van der Waals surface area contributed by atoms with Gasteiger partial charge in [0.25, 0.3) is 0 Å². The van der Waals surface area contributed by atoms with Gasteiger partial charge in [-0.1, -0.05) is 35.9 Å². The first-order chi connectivity index (χ1) is 19.2. The lowest BCUT2D eigenvalue weighted by Crippen LogP contribution is -2.21. The molecular weight excluding hydrogens is 545 g/mol. The number of methoxy groups -OCH3 is 2. The molecule has 0 saturated heterocycles. The number of nitrogens with one attached hydrogen (secondary N) is 1. The number of pyridine rings is 3. The van der Waals surface area contributed by atoms with Crippen LogP contribution in [0.2, 0.25) is 5.02 Å². The fourth-order valence-corrected chi connectivity index (χ4v) is 5.29. The Kier molecular flexibility index (Phi) is 7.62. The van der Waals surface area contributed by atoms with Gasteiger partial charge in [0.2, 0.25) is 11.8 Å². The van der Waals surface area contributed by atoms with Crippen LogP contribution in [-0.4, -0.2) is 35.5 Å². The maximum Gasteiger partial charge on any atom is 0.419 e. The Bertz CT molecular complexity index is 1580. The number of carbonyl (C=O) groups excluding carboxylic acids is 1. The Balaban J connectivity index is 1.57. The zero-order valence-corrected chi connectivity index (χ0v) is 22.3. The quantitative estimate of drug-likeness (QED) is 0.236. The number of aromatic nitrogens is 3. The molecule has 5 rings (SSSR count). The third-order valence-corrected chi connectivity index (χ3v) is 7.19. The lowest BCUT2D eigenvalue weighted by Gasteiger charge is -2.29. The molecule has 1 aromatic carbocycles. The van der Waals surface area contributed by atoms with E-state index in [4.69, 9.17) is 21.1 Å². The normalized spacial score (nSPS) is 14.8.